The van der Waals surface area contributed by atoms with E-state index in [2.05, 4.69) is 67.5 Å². The number of nitrogen functional groups attached to an aromatic ring is 2. The first-order valence-electron chi connectivity index (χ1n) is 17.8. The van der Waals surface area contributed by atoms with Crippen molar-refractivity contribution in [2.75, 3.05) is 11.5 Å². The van der Waals surface area contributed by atoms with Crippen LogP contribution in [0.4, 0.5) is 11.4 Å². The van der Waals surface area contributed by atoms with E-state index in [9.17, 15) is 4.79 Å². The largest absolute Gasteiger partial charge is 0.461 e. The molecule has 44 heavy (non-hydrogen) atoms. The van der Waals surface area contributed by atoms with Crippen LogP contribution in [-0.4, -0.2) is 12.1 Å². The van der Waals surface area contributed by atoms with Crippen LogP contribution in [0, 0.1) is 45.3 Å². The molecule has 8 unspecified atom stereocenters. The van der Waals surface area contributed by atoms with Gasteiger partial charge in [0.1, 0.15) is 6.10 Å². The van der Waals surface area contributed by atoms with Crippen molar-refractivity contribution >= 4 is 17.3 Å². The van der Waals surface area contributed by atoms with Gasteiger partial charge in [-0.2, -0.15) is 0 Å². The minimum atomic E-state index is -0.144. The van der Waals surface area contributed by atoms with Crippen LogP contribution in [0.5, 0.6) is 0 Å². The Morgan fingerprint density at radius 3 is 2.32 bits per heavy atom. The molecule has 0 amide bonds. The van der Waals surface area contributed by atoms with Gasteiger partial charge in [0.15, 0.2) is 0 Å². The zero-order chi connectivity index (χ0) is 32.1. The first kappa shape index (κ1) is 33.1. The number of carbonyl (C=O) groups is 1. The van der Waals surface area contributed by atoms with Gasteiger partial charge in [-0.3, -0.25) is 4.79 Å². The summed E-state index contributed by atoms with van der Waals surface area (Å²) in [6.07, 6.45) is 18.3. The molecule has 4 aliphatic carbocycles. The summed E-state index contributed by atoms with van der Waals surface area (Å²) in [6.45, 7) is 19.6. The molecule has 8 atom stereocenters. The lowest BCUT2D eigenvalue weighted by molar-refractivity contribution is -0.162. The highest BCUT2D eigenvalue weighted by atomic mass is 16.5. The Hall–Kier alpha value is -2.23. The highest BCUT2D eigenvalue weighted by Crippen LogP contribution is 2.73. The molecule has 4 heteroatoms. The van der Waals surface area contributed by atoms with E-state index in [0.717, 1.165) is 54.9 Å². The van der Waals surface area contributed by atoms with E-state index in [4.69, 9.17) is 16.2 Å². The number of rotatable bonds is 9. The predicted octanol–water partition coefficient (Wildman–Crippen LogP) is 10.1. The third kappa shape index (κ3) is 5.77. The molecule has 3 saturated carbocycles. The summed E-state index contributed by atoms with van der Waals surface area (Å²) in [4.78, 5) is 13.1. The average Bonchev–Trinajstić information content (AvgIpc) is 3.21. The maximum atomic E-state index is 13.1. The van der Waals surface area contributed by atoms with Crippen LogP contribution in [0.2, 0.25) is 0 Å². The standard InChI is InChI=1S/C40H62N2O2/c1-26(2)11-9-12-27(3)31-17-21-40(8)33-15-16-34-37(4,5)35(19-20-38(34,6)32(33)18-22-39(31,40)7)44-36(43)14-10-13-28-23-29(41)25-30(42)24-28/h11,16,23-25,27,31-33,35H,9-10,12-15,17-22,41-42H2,1-8H3. The van der Waals surface area contributed by atoms with Crippen molar-refractivity contribution in [1.82, 2.24) is 0 Å². The normalized spacial score (nSPS) is 36.3. The maximum absolute atomic E-state index is 13.1. The summed E-state index contributed by atoms with van der Waals surface area (Å²) in [6, 6.07) is 5.66. The fraction of sp³-hybridized carbons (Fsp3) is 0.725. The highest BCUT2D eigenvalue weighted by molar-refractivity contribution is 5.69. The zero-order valence-corrected chi connectivity index (χ0v) is 29.2. The van der Waals surface area contributed by atoms with Crippen molar-refractivity contribution in [3.05, 3.63) is 47.1 Å². The number of allylic oxidation sites excluding steroid dienone is 3. The Morgan fingerprint density at radius 2 is 1.64 bits per heavy atom. The van der Waals surface area contributed by atoms with Gasteiger partial charge in [-0.25, -0.2) is 0 Å². The van der Waals surface area contributed by atoms with Gasteiger partial charge in [-0.05, 0) is 148 Å². The van der Waals surface area contributed by atoms with Gasteiger partial charge in [0.2, 0.25) is 0 Å². The van der Waals surface area contributed by atoms with E-state index in [1.807, 2.05) is 12.1 Å². The van der Waals surface area contributed by atoms with Crippen LogP contribution in [-0.2, 0) is 16.0 Å². The predicted molar refractivity (Wildman–Crippen MR) is 185 cm³/mol. The molecule has 5 rings (SSSR count). The van der Waals surface area contributed by atoms with Gasteiger partial charge in [0.25, 0.3) is 0 Å². The van der Waals surface area contributed by atoms with Crippen LogP contribution in [0.3, 0.4) is 0 Å². The van der Waals surface area contributed by atoms with Crippen molar-refractivity contribution in [3.63, 3.8) is 0 Å². The molecule has 4 N–H and O–H groups in total. The second-order valence-electron chi connectivity index (χ2n) is 16.9. The SMILES string of the molecule is CC(C)=CCCC(C)C1CCC2(C)C3CC=C4C(C)(C)C(OC(=O)CCCc5cc(N)cc(N)c5)CCC4(C)C3CCC12C. The number of aryl methyl sites for hydroxylation is 1. The first-order chi connectivity index (χ1) is 20.6. The van der Waals surface area contributed by atoms with Gasteiger partial charge in [-0.15, -0.1) is 0 Å². The molecule has 0 radical (unpaired) electrons. The van der Waals surface area contributed by atoms with E-state index >= 15 is 0 Å². The van der Waals surface area contributed by atoms with Crippen molar-refractivity contribution in [3.8, 4) is 0 Å². The summed E-state index contributed by atoms with van der Waals surface area (Å²) in [5.74, 6) is 3.02. The number of carbonyl (C=O) groups excluding carboxylic acids is 1. The number of esters is 1. The monoisotopic (exact) mass is 602 g/mol. The lowest BCUT2D eigenvalue weighted by atomic mass is 9.40. The van der Waals surface area contributed by atoms with E-state index in [1.165, 1.54) is 50.5 Å². The van der Waals surface area contributed by atoms with Crippen LogP contribution >= 0.6 is 0 Å². The lowest BCUT2D eigenvalue weighted by Crippen LogP contribution is -2.58. The Bertz CT molecular complexity index is 1270. The minimum absolute atomic E-state index is 0.0594. The number of fused-ring (bicyclic) bond motifs is 5. The second-order valence-corrected chi connectivity index (χ2v) is 16.9. The fourth-order valence-electron chi connectivity index (χ4n) is 11.3. The average molecular weight is 603 g/mol. The zero-order valence-electron chi connectivity index (χ0n) is 29.2. The molecule has 244 valence electrons. The van der Waals surface area contributed by atoms with Crippen molar-refractivity contribution in [1.29, 1.82) is 0 Å². The molecule has 0 heterocycles. The minimum Gasteiger partial charge on any atom is -0.461 e. The highest BCUT2D eigenvalue weighted by Gasteiger charge is 2.66. The molecule has 0 spiro atoms. The van der Waals surface area contributed by atoms with E-state index in [-0.39, 0.29) is 22.9 Å². The van der Waals surface area contributed by atoms with Gasteiger partial charge >= 0.3 is 5.97 Å². The molecule has 0 bridgehead atoms. The summed E-state index contributed by atoms with van der Waals surface area (Å²) in [5.41, 5.74) is 18.2. The van der Waals surface area contributed by atoms with Crippen molar-refractivity contribution in [2.24, 2.45) is 45.3 Å². The maximum Gasteiger partial charge on any atom is 0.306 e. The second kappa shape index (κ2) is 12.2. The van der Waals surface area contributed by atoms with Gasteiger partial charge in [-0.1, -0.05) is 64.8 Å². The number of nitrogens with two attached hydrogens (primary N) is 2. The Morgan fingerprint density at radius 1 is 0.955 bits per heavy atom. The van der Waals surface area contributed by atoms with Crippen LogP contribution in [0.1, 0.15) is 132 Å². The van der Waals surface area contributed by atoms with Gasteiger partial charge < -0.3 is 16.2 Å². The first-order valence-corrected chi connectivity index (χ1v) is 17.8. The van der Waals surface area contributed by atoms with Crippen molar-refractivity contribution in [2.45, 2.75) is 139 Å². The molecule has 4 aliphatic rings. The van der Waals surface area contributed by atoms with Crippen LogP contribution in [0.25, 0.3) is 0 Å². The Kier molecular flexibility index (Phi) is 9.17. The number of hydrogen-bond donors (Lipinski definition) is 2. The lowest BCUT2D eigenvalue weighted by Gasteiger charge is -2.64. The molecule has 0 saturated heterocycles. The number of ether oxygens (including phenoxy) is 1. The smallest absolute Gasteiger partial charge is 0.306 e. The van der Waals surface area contributed by atoms with Crippen LogP contribution < -0.4 is 11.5 Å². The van der Waals surface area contributed by atoms with E-state index in [0.29, 0.717) is 28.6 Å². The summed E-state index contributed by atoms with van der Waals surface area (Å²) in [7, 11) is 0. The molecule has 0 aliphatic heterocycles. The summed E-state index contributed by atoms with van der Waals surface area (Å²) in [5, 5.41) is 0. The molecular formula is C40H62N2O2. The van der Waals surface area contributed by atoms with Gasteiger partial charge in [0.05, 0.1) is 0 Å². The quantitative estimate of drug-likeness (QED) is 0.167. The van der Waals surface area contributed by atoms with Gasteiger partial charge in [0, 0.05) is 23.2 Å². The Balaban J connectivity index is 1.26. The number of benzene rings is 1. The van der Waals surface area contributed by atoms with E-state index < -0.39 is 0 Å². The molecule has 0 aromatic heterocycles. The fourth-order valence-corrected chi connectivity index (χ4v) is 11.3. The summed E-state index contributed by atoms with van der Waals surface area (Å²) < 4.78 is 6.28. The molecule has 1 aromatic rings. The van der Waals surface area contributed by atoms with Crippen molar-refractivity contribution < 1.29 is 9.53 Å². The molecule has 1 aromatic carbocycles. The van der Waals surface area contributed by atoms with Crippen LogP contribution in [0.15, 0.2) is 41.5 Å². The molecule has 4 nitrogen and oxygen atoms in total. The topological polar surface area (TPSA) is 78.3 Å². The van der Waals surface area contributed by atoms with E-state index in [1.54, 1.807) is 11.6 Å². The Labute approximate surface area is 268 Å². The third-order valence-corrected chi connectivity index (χ3v) is 13.8. The number of hydrogen-bond acceptors (Lipinski definition) is 4. The molecular weight excluding hydrogens is 540 g/mol. The molecule has 3 fully saturated rings. The third-order valence-electron chi connectivity index (χ3n) is 13.8. The number of anilines is 2. The summed E-state index contributed by atoms with van der Waals surface area (Å²) >= 11 is 0.